The number of amides is 1. The van der Waals surface area contributed by atoms with Crippen LogP contribution in [0.25, 0.3) is 33.2 Å². The molecular weight excluding hydrogens is 454 g/mol. The molecule has 0 bridgehead atoms. The Kier molecular flexibility index (Phi) is 5.52. The highest BCUT2D eigenvalue weighted by molar-refractivity contribution is 6.10. The summed E-state index contributed by atoms with van der Waals surface area (Å²) in [5, 5.41) is 12.0. The van der Waals surface area contributed by atoms with E-state index in [1.165, 1.54) is 0 Å². The van der Waals surface area contributed by atoms with E-state index in [0.717, 1.165) is 47.6 Å². The molecule has 1 aliphatic rings. The van der Waals surface area contributed by atoms with Gasteiger partial charge in [0.2, 0.25) is 0 Å². The van der Waals surface area contributed by atoms with Gasteiger partial charge in [0.15, 0.2) is 11.4 Å². The standard InChI is InChI=1S/C29H25N3O4/c1-17-10-12-18(13-11-17)27-22-16-19(14-15-23(22)32-36-27)28(33)31-26-25(30-20-6-2-3-7-20)21-8-4-5-9-24(21)35-29(26)34/h4-5,8-16,20,30H,2-3,6-7H2,1H3,(H,31,33). The molecule has 2 aromatic heterocycles. The van der Waals surface area contributed by atoms with Crippen LogP contribution >= 0.6 is 0 Å². The molecule has 1 saturated carbocycles. The van der Waals surface area contributed by atoms with Gasteiger partial charge in [0.1, 0.15) is 11.1 Å². The molecule has 0 spiro atoms. The van der Waals surface area contributed by atoms with Gasteiger partial charge < -0.3 is 19.6 Å². The summed E-state index contributed by atoms with van der Waals surface area (Å²) in [6.45, 7) is 2.02. The fourth-order valence-corrected chi connectivity index (χ4v) is 4.87. The van der Waals surface area contributed by atoms with Gasteiger partial charge in [-0.05, 0) is 50.1 Å². The van der Waals surface area contributed by atoms with E-state index in [2.05, 4.69) is 15.8 Å². The van der Waals surface area contributed by atoms with Crippen LogP contribution in [0.2, 0.25) is 0 Å². The number of para-hydroxylation sites is 1. The number of rotatable bonds is 5. The summed E-state index contributed by atoms with van der Waals surface area (Å²) < 4.78 is 11.1. The zero-order valence-corrected chi connectivity index (χ0v) is 19.8. The van der Waals surface area contributed by atoms with Crippen molar-refractivity contribution in [3.8, 4) is 11.3 Å². The van der Waals surface area contributed by atoms with Crippen molar-refractivity contribution in [1.82, 2.24) is 5.16 Å². The first kappa shape index (κ1) is 22.1. The first-order chi connectivity index (χ1) is 17.6. The molecule has 0 saturated heterocycles. The number of anilines is 2. The van der Waals surface area contributed by atoms with Crippen LogP contribution in [0.3, 0.4) is 0 Å². The summed E-state index contributed by atoms with van der Waals surface area (Å²) in [6.07, 6.45) is 4.32. The van der Waals surface area contributed by atoms with Crippen molar-refractivity contribution in [1.29, 1.82) is 0 Å². The maximum Gasteiger partial charge on any atom is 0.362 e. The van der Waals surface area contributed by atoms with E-state index < -0.39 is 11.5 Å². The van der Waals surface area contributed by atoms with Crippen LogP contribution in [0.1, 0.15) is 41.6 Å². The molecular formula is C29H25N3O4. The maximum atomic E-state index is 13.4. The number of carbonyl (C=O) groups is 1. The van der Waals surface area contributed by atoms with Gasteiger partial charge in [-0.1, -0.05) is 60.0 Å². The van der Waals surface area contributed by atoms with Crippen molar-refractivity contribution in [2.45, 2.75) is 38.6 Å². The Labute approximate surface area is 207 Å². The number of benzene rings is 3. The monoisotopic (exact) mass is 479 g/mol. The third-order valence-corrected chi connectivity index (χ3v) is 6.81. The molecule has 2 heterocycles. The van der Waals surface area contributed by atoms with Crippen LogP contribution in [0.4, 0.5) is 11.4 Å². The Bertz CT molecular complexity index is 1640. The molecule has 0 radical (unpaired) electrons. The number of hydrogen-bond donors (Lipinski definition) is 2. The Morgan fingerprint density at radius 3 is 2.53 bits per heavy atom. The minimum absolute atomic E-state index is 0.120. The summed E-state index contributed by atoms with van der Waals surface area (Å²) in [7, 11) is 0. The molecule has 1 fully saturated rings. The fraction of sp³-hybridized carbons (Fsp3) is 0.207. The zero-order chi connectivity index (χ0) is 24.6. The van der Waals surface area contributed by atoms with Gasteiger partial charge in [0.05, 0.1) is 11.1 Å². The minimum atomic E-state index is -0.589. The maximum absolute atomic E-state index is 13.4. The molecule has 1 amide bonds. The molecule has 3 aromatic carbocycles. The van der Waals surface area contributed by atoms with Gasteiger partial charge in [0, 0.05) is 22.6 Å². The molecule has 2 N–H and O–H groups in total. The second-order valence-electron chi connectivity index (χ2n) is 9.33. The van der Waals surface area contributed by atoms with Crippen LogP contribution in [0.15, 0.2) is 80.5 Å². The van der Waals surface area contributed by atoms with Crippen LogP contribution in [0.5, 0.6) is 0 Å². The zero-order valence-electron chi connectivity index (χ0n) is 19.8. The van der Waals surface area contributed by atoms with Crippen LogP contribution < -0.4 is 16.3 Å². The van der Waals surface area contributed by atoms with E-state index in [1.54, 1.807) is 24.3 Å². The molecule has 0 aliphatic heterocycles. The van der Waals surface area contributed by atoms with Gasteiger partial charge in [0.25, 0.3) is 5.91 Å². The number of aryl methyl sites for hydroxylation is 1. The average Bonchev–Trinajstić information content (AvgIpc) is 3.56. The van der Waals surface area contributed by atoms with Crippen molar-refractivity contribution in [3.05, 3.63) is 88.3 Å². The van der Waals surface area contributed by atoms with Gasteiger partial charge in [-0.25, -0.2) is 4.79 Å². The smallest absolute Gasteiger partial charge is 0.362 e. The topological polar surface area (TPSA) is 97.4 Å². The van der Waals surface area contributed by atoms with E-state index in [0.29, 0.717) is 28.1 Å². The molecule has 180 valence electrons. The van der Waals surface area contributed by atoms with Crippen molar-refractivity contribution in [2.75, 3.05) is 10.6 Å². The van der Waals surface area contributed by atoms with Crippen LogP contribution in [-0.2, 0) is 0 Å². The van der Waals surface area contributed by atoms with Crippen LogP contribution in [-0.4, -0.2) is 17.1 Å². The minimum Gasteiger partial charge on any atom is -0.421 e. The van der Waals surface area contributed by atoms with Crippen LogP contribution in [0, 0.1) is 6.92 Å². The Balaban J connectivity index is 1.38. The normalized spacial score (nSPS) is 13.9. The second kappa shape index (κ2) is 9.00. The van der Waals surface area contributed by atoms with Crippen molar-refractivity contribution in [2.24, 2.45) is 0 Å². The molecule has 0 atom stereocenters. The summed E-state index contributed by atoms with van der Waals surface area (Å²) in [6, 6.07) is 20.7. The quantitative estimate of drug-likeness (QED) is 0.279. The highest BCUT2D eigenvalue weighted by Crippen LogP contribution is 2.33. The van der Waals surface area contributed by atoms with Gasteiger partial charge in [-0.2, -0.15) is 0 Å². The molecule has 36 heavy (non-hydrogen) atoms. The lowest BCUT2D eigenvalue weighted by Crippen LogP contribution is -2.23. The van der Waals surface area contributed by atoms with Gasteiger partial charge in [-0.3, -0.25) is 4.79 Å². The van der Waals surface area contributed by atoms with Crippen molar-refractivity contribution >= 4 is 39.2 Å². The van der Waals surface area contributed by atoms with E-state index in [4.69, 9.17) is 8.94 Å². The number of aromatic nitrogens is 1. The Morgan fingerprint density at radius 2 is 1.72 bits per heavy atom. The van der Waals surface area contributed by atoms with E-state index >= 15 is 0 Å². The molecule has 6 rings (SSSR count). The van der Waals surface area contributed by atoms with Crippen molar-refractivity contribution in [3.63, 3.8) is 0 Å². The summed E-state index contributed by atoms with van der Waals surface area (Å²) in [5.74, 6) is 0.179. The molecule has 5 aromatic rings. The molecule has 7 nitrogen and oxygen atoms in total. The van der Waals surface area contributed by atoms with E-state index in [9.17, 15) is 9.59 Å². The number of hydrogen-bond acceptors (Lipinski definition) is 6. The molecule has 1 aliphatic carbocycles. The Morgan fingerprint density at radius 1 is 0.944 bits per heavy atom. The lowest BCUT2D eigenvalue weighted by molar-refractivity contribution is 0.102. The third-order valence-electron chi connectivity index (χ3n) is 6.81. The lowest BCUT2D eigenvalue weighted by Gasteiger charge is -2.18. The second-order valence-corrected chi connectivity index (χ2v) is 9.33. The summed E-state index contributed by atoms with van der Waals surface area (Å²) in [4.78, 5) is 26.4. The molecule has 7 heteroatoms. The predicted octanol–water partition coefficient (Wildman–Crippen LogP) is 6.52. The SMILES string of the molecule is Cc1ccc(-c2onc3ccc(C(=O)Nc4c(NC5CCCC5)c5ccccc5oc4=O)cc23)cc1. The van der Waals surface area contributed by atoms with Crippen molar-refractivity contribution < 1.29 is 13.7 Å². The van der Waals surface area contributed by atoms with Gasteiger partial charge >= 0.3 is 5.63 Å². The number of nitrogens with zero attached hydrogens (tertiary/aromatic N) is 1. The lowest BCUT2D eigenvalue weighted by atomic mass is 10.0. The highest BCUT2D eigenvalue weighted by Gasteiger charge is 2.23. The first-order valence-electron chi connectivity index (χ1n) is 12.2. The summed E-state index contributed by atoms with van der Waals surface area (Å²) in [5.41, 5.74) is 3.67. The third kappa shape index (κ3) is 4.02. The summed E-state index contributed by atoms with van der Waals surface area (Å²) >= 11 is 0. The number of fused-ring (bicyclic) bond motifs is 2. The fourth-order valence-electron chi connectivity index (χ4n) is 4.87. The average molecular weight is 480 g/mol. The number of carbonyl (C=O) groups excluding carboxylic acids is 1. The largest absolute Gasteiger partial charge is 0.421 e. The van der Waals surface area contributed by atoms with E-state index in [-0.39, 0.29) is 11.7 Å². The molecule has 0 unspecified atom stereocenters. The Hall–Kier alpha value is -4.39. The predicted molar refractivity (Wildman–Crippen MR) is 140 cm³/mol. The van der Waals surface area contributed by atoms with Gasteiger partial charge in [-0.15, -0.1) is 0 Å². The first-order valence-corrected chi connectivity index (χ1v) is 12.2. The van der Waals surface area contributed by atoms with E-state index in [1.807, 2.05) is 49.4 Å². The highest BCUT2D eigenvalue weighted by atomic mass is 16.5. The number of nitrogens with one attached hydrogen (secondary N) is 2.